The second-order valence-corrected chi connectivity index (χ2v) is 4.94. The molecule has 0 bridgehead atoms. The molecule has 0 saturated heterocycles. The number of hydrogen-bond acceptors (Lipinski definition) is 3. The lowest BCUT2D eigenvalue weighted by Gasteiger charge is -2.10. The summed E-state index contributed by atoms with van der Waals surface area (Å²) >= 11 is 3.14. The van der Waals surface area contributed by atoms with Crippen LogP contribution >= 0.6 is 15.9 Å². The largest absolute Gasteiger partial charge is 0.397 e. The van der Waals surface area contributed by atoms with Crippen molar-refractivity contribution in [1.29, 1.82) is 0 Å². The van der Waals surface area contributed by atoms with Crippen LogP contribution in [0.3, 0.4) is 0 Å². The van der Waals surface area contributed by atoms with Crippen LogP contribution in [0.15, 0.2) is 22.8 Å². The molecule has 0 spiro atoms. The zero-order valence-electron chi connectivity index (χ0n) is 10.2. The molecule has 1 aromatic heterocycles. The number of anilines is 2. The quantitative estimate of drug-likeness (QED) is 0.857. The molecule has 0 aliphatic carbocycles. The predicted octanol–water partition coefficient (Wildman–Crippen LogP) is 2.82. The Bertz CT molecular complexity index is 580. The molecule has 2 aromatic rings. The van der Waals surface area contributed by atoms with Crippen molar-refractivity contribution < 1.29 is 4.39 Å². The fourth-order valence-electron chi connectivity index (χ4n) is 1.62. The van der Waals surface area contributed by atoms with Crippen molar-refractivity contribution in [3.05, 3.63) is 39.9 Å². The number of nitrogens with two attached hydrogens (primary N) is 1. The van der Waals surface area contributed by atoms with E-state index in [4.69, 9.17) is 5.73 Å². The number of nitrogen functional groups attached to an aromatic ring is 1. The smallest absolute Gasteiger partial charge is 0.139 e. The van der Waals surface area contributed by atoms with E-state index in [0.29, 0.717) is 22.4 Å². The van der Waals surface area contributed by atoms with E-state index >= 15 is 0 Å². The number of nitrogens with zero attached hydrogens (tertiary/aromatic N) is 2. The van der Waals surface area contributed by atoms with Gasteiger partial charge in [-0.2, -0.15) is 5.10 Å². The summed E-state index contributed by atoms with van der Waals surface area (Å²) in [5, 5.41) is 7.34. The molecule has 0 fully saturated rings. The van der Waals surface area contributed by atoms with Crippen LogP contribution in [0, 0.1) is 12.7 Å². The van der Waals surface area contributed by atoms with Crippen LogP contribution < -0.4 is 11.1 Å². The SMILES string of the molecule is Cc1c(CNc2cc(Br)c(F)cc2N)cnn1C. The standard InChI is InChI=1S/C12H14BrFN4/c1-7-8(6-17-18(7)2)5-16-12-3-9(13)10(14)4-11(12)15/h3-4,6,16H,5,15H2,1-2H3. The summed E-state index contributed by atoms with van der Waals surface area (Å²) in [4.78, 5) is 0. The number of aromatic nitrogens is 2. The van der Waals surface area contributed by atoms with Crippen LogP contribution in [0.4, 0.5) is 15.8 Å². The van der Waals surface area contributed by atoms with Gasteiger partial charge in [-0.1, -0.05) is 0 Å². The third-order valence-electron chi connectivity index (χ3n) is 2.90. The summed E-state index contributed by atoms with van der Waals surface area (Å²) in [5.74, 6) is -0.365. The van der Waals surface area contributed by atoms with Crippen LogP contribution in [-0.2, 0) is 13.6 Å². The number of hydrogen-bond donors (Lipinski definition) is 2. The third-order valence-corrected chi connectivity index (χ3v) is 3.51. The molecule has 96 valence electrons. The van der Waals surface area contributed by atoms with Crippen LogP contribution in [-0.4, -0.2) is 9.78 Å². The van der Waals surface area contributed by atoms with Crippen molar-refractivity contribution in [2.75, 3.05) is 11.1 Å². The second-order valence-electron chi connectivity index (χ2n) is 4.09. The van der Waals surface area contributed by atoms with E-state index in [9.17, 15) is 4.39 Å². The molecule has 6 heteroatoms. The van der Waals surface area contributed by atoms with Crippen molar-refractivity contribution in [1.82, 2.24) is 9.78 Å². The molecule has 18 heavy (non-hydrogen) atoms. The van der Waals surface area contributed by atoms with E-state index in [2.05, 4.69) is 26.3 Å². The van der Waals surface area contributed by atoms with E-state index < -0.39 is 0 Å². The summed E-state index contributed by atoms with van der Waals surface area (Å²) in [7, 11) is 1.89. The molecule has 0 amide bonds. The number of rotatable bonds is 3. The van der Waals surface area contributed by atoms with Crippen molar-refractivity contribution >= 4 is 27.3 Å². The van der Waals surface area contributed by atoms with Gasteiger partial charge in [-0.05, 0) is 28.9 Å². The van der Waals surface area contributed by atoms with Crippen molar-refractivity contribution in [3.8, 4) is 0 Å². The van der Waals surface area contributed by atoms with E-state index in [1.165, 1.54) is 6.07 Å². The molecule has 1 heterocycles. The number of nitrogens with one attached hydrogen (secondary N) is 1. The summed E-state index contributed by atoms with van der Waals surface area (Å²) in [6, 6.07) is 2.93. The number of halogens is 2. The van der Waals surface area contributed by atoms with Crippen molar-refractivity contribution in [2.45, 2.75) is 13.5 Å². The Kier molecular flexibility index (Phi) is 3.56. The Labute approximate surface area is 113 Å². The molecule has 4 nitrogen and oxygen atoms in total. The lowest BCUT2D eigenvalue weighted by Crippen LogP contribution is -2.04. The fourth-order valence-corrected chi connectivity index (χ4v) is 1.97. The van der Waals surface area contributed by atoms with Crippen molar-refractivity contribution in [3.63, 3.8) is 0 Å². The lowest BCUT2D eigenvalue weighted by atomic mass is 10.2. The van der Waals surface area contributed by atoms with E-state index in [1.807, 2.05) is 14.0 Å². The predicted molar refractivity (Wildman–Crippen MR) is 73.8 cm³/mol. The zero-order valence-corrected chi connectivity index (χ0v) is 11.8. The summed E-state index contributed by atoms with van der Waals surface area (Å²) in [6.45, 7) is 2.59. The molecule has 1 aromatic carbocycles. The van der Waals surface area contributed by atoms with Gasteiger partial charge in [0.1, 0.15) is 5.82 Å². The van der Waals surface area contributed by atoms with Crippen molar-refractivity contribution in [2.24, 2.45) is 7.05 Å². The maximum Gasteiger partial charge on any atom is 0.139 e. The maximum atomic E-state index is 13.2. The fraction of sp³-hybridized carbons (Fsp3) is 0.250. The Morgan fingerprint density at radius 2 is 2.22 bits per heavy atom. The van der Waals surface area contributed by atoms with Gasteiger partial charge in [-0.25, -0.2) is 4.39 Å². The van der Waals surface area contributed by atoms with Gasteiger partial charge < -0.3 is 11.1 Å². The van der Waals surface area contributed by atoms with Crippen LogP contribution in [0.25, 0.3) is 0 Å². The molecular formula is C12H14BrFN4. The van der Waals surface area contributed by atoms with E-state index in [0.717, 1.165) is 11.3 Å². The summed E-state index contributed by atoms with van der Waals surface area (Å²) < 4.78 is 15.4. The van der Waals surface area contributed by atoms with Crippen LogP contribution in [0.1, 0.15) is 11.3 Å². The maximum absolute atomic E-state index is 13.2. The second kappa shape index (κ2) is 4.97. The van der Waals surface area contributed by atoms with Crippen LogP contribution in [0.5, 0.6) is 0 Å². The number of aryl methyl sites for hydroxylation is 1. The first kappa shape index (κ1) is 12.9. The Morgan fingerprint density at radius 3 is 2.83 bits per heavy atom. The minimum atomic E-state index is -0.365. The Balaban J connectivity index is 2.16. The summed E-state index contributed by atoms with van der Waals surface area (Å²) in [5.41, 5.74) is 9.01. The average molecular weight is 313 g/mol. The molecule has 0 aliphatic heterocycles. The zero-order chi connectivity index (χ0) is 13.3. The molecule has 0 aliphatic rings. The minimum absolute atomic E-state index is 0.365. The lowest BCUT2D eigenvalue weighted by molar-refractivity contribution is 0.622. The highest BCUT2D eigenvalue weighted by Crippen LogP contribution is 2.27. The summed E-state index contributed by atoms with van der Waals surface area (Å²) in [6.07, 6.45) is 1.80. The third kappa shape index (κ3) is 2.48. The molecular weight excluding hydrogens is 299 g/mol. The molecule has 3 N–H and O–H groups in total. The molecule has 0 unspecified atom stereocenters. The normalized spacial score (nSPS) is 10.7. The van der Waals surface area contributed by atoms with Gasteiger partial charge in [0.05, 0.1) is 22.0 Å². The molecule has 0 radical (unpaired) electrons. The molecule has 0 atom stereocenters. The van der Waals surface area contributed by atoms with Gasteiger partial charge in [0, 0.05) is 30.9 Å². The monoisotopic (exact) mass is 312 g/mol. The van der Waals surface area contributed by atoms with Gasteiger partial charge in [0.25, 0.3) is 0 Å². The Hall–Kier alpha value is -1.56. The molecule has 2 rings (SSSR count). The highest BCUT2D eigenvalue weighted by atomic mass is 79.9. The van der Waals surface area contributed by atoms with E-state index in [-0.39, 0.29) is 5.82 Å². The van der Waals surface area contributed by atoms with E-state index in [1.54, 1.807) is 16.9 Å². The first-order valence-corrected chi connectivity index (χ1v) is 6.24. The van der Waals surface area contributed by atoms with Gasteiger partial charge >= 0.3 is 0 Å². The Morgan fingerprint density at radius 1 is 1.50 bits per heavy atom. The highest BCUT2D eigenvalue weighted by Gasteiger charge is 2.07. The number of benzene rings is 1. The average Bonchev–Trinajstić information content (AvgIpc) is 2.63. The highest BCUT2D eigenvalue weighted by molar-refractivity contribution is 9.10. The topological polar surface area (TPSA) is 55.9 Å². The minimum Gasteiger partial charge on any atom is -0.397 e. The molecule has 0 saturated carbocycles. The van der Waals surface area contributed by atoms with Gasteiger partial charge in [0.2, 0.25) is 0 Å². The first-order valence-electron chi connectivity index (χ1n) is 5.45. The first-order chi connectivity index (χ1) is 8.49. The van der Waals surface area contributed by atoms with Gasteiger partial charge in [0.15, 0.2) is 0 Å². The van der Waals surface area contributed by atoms with Crippen LogP contribution in [0.2, 0.25) is 0 Å². The van der Waals surface area contributed by atoms with Gasteiger partial charge in [-0.3, -0.25) is 4.68 Å². The van der Waals surface area contributed by atoms with Gasteiger partial charge in [-0.15, -0.1) is 0 Å².